The van der Waals surface area contributed by atoms with Gasteiger partial charge in [0.15, 0.2) is 0 Å². The Morgan fingerprint density at radius 2 is 2.50 bits per heavy atom. The summed E-state index contributed by atoms with van der Waals surface area (Å²) in [5.74, 6) is 0. The number of amides is 1. The van der Waals surface area contributed by atoms with Crippen LogP contribution in [0.1, 0.15) is 13.3 Å². The fraction of sp³-hybridized carbons (Fsp3) is 0.889. The van der Waals surface area contributed by atoms with E-state index in [1.165, 1.54) is 7.11 Å². The van der Waals surface area contributed by atoms with Crippen molar-refractivity contribution in [1.29, 1.82) is 0 Å². The first-order valence-corrected chi connectivity index (χ1v) is 4.94. The molecule has 2 unspecified atom stereocenters. The fourth-order valence-corrected chi connectivity index (χ4v) is 1.75. The van der Waals surface area contributed by atoms with Crippen molar-refractivity contribution in [2.45, 2.75) is 25.4 Å². The zero-order valence-electron chi connectivity index (χ0n) is 8.82. The zero-order valence-corrected chi connectivity index (χ0v) is 8.82. The minimum absolute atomic E-state index is 0.187. The summed E-state index contributed by atoms with van der Waals surface area (Å²) in [5, 5.41) is 2.79. The molecule has 1 aliphatic heterocycles. The third kappa shape index (κ3) is 3.51. The molecule has 1 rings (SSSR count). The van der Waals surface area contributed by atoms with E-state index < -0.39 is 0 Å². The van der Waals surface area contributed by atoms with Crippen LogP contribution in [0.15, 0.2) is 0 Å². The predicted molar refractivity (Wildman–Crippen MR) is 54.0 cm³/mol. The van der Waals surface area contributed by atoms with Crippen LogP contribution >= 0.6 is 0 Å². The van der Waals surface area contributed by atoms with Crippen LogP contribution < -0.4 is 11.1 Å². The van der Waals surface area contributed by atoms with Gasteiger partial charge in [-0.3, -0.25) is 4.90 Å². The number of nitrogens with two attached hydrogens (primary N) is 1. The van der Waals surface area contributed by atoms with Crippen LogP contribution in [0.25, 0.3) is 0 Å². The molecule has 1 heterocycles. The number of hydrogen-bond acceptors (Lipinski definition) is 4. The van der Waals surface area contributed by atoms with Crippen molar-refractivity contribution in [3.63, 3.8) is 0 Å². The molecule has 0 aromatic carbocycles. The average Bonchev–Trinajstić information content (AvgIpc) is 2.51. The normalized spacial score (nSPS) is 24.6. The monoisotopic (exact) mass is 201 g/mol. The summed E-state index contributed by atoms with van der Waals surface area (Å²) in [7, 11) is 1.38. The van der Waals surface area contributed by atoms with Crippen LogP contribution in [-0.4, -0.2) is 49.8 Å². The van der Waals surface area contributed by atoms with Gasteiger partial charge in [0.1, 0.15) is 0 Å². The minimum atomic E-state index is -0.349. The smallest absolute Gasteiger partial charge is 0.407 e. The number of alkyl carbamates (subject to hydrolysis) is 1. The highest BCUT2D eigenvalue weighted by Gasteiger charge is 2.24. The molecule has 14 heavy (non-hydrogen) atoms. The second-order valence-corrected chi connectivity index (χ2v) is 3.86. The summed E-state index contributed by atoms with van der Waals surface area (Å²) in [6, 6.07) is 0.396. The summed E-state index contributed by atoms with van der Waals surface area (Å²) in [5.41, 5.74) is 5.69. The lowest BCUT2D eigenvalue weighted by Gasteiger charge is -2.18. The maximum Gasteiger partial charge on any atom is 0.407 e. The van der Waals surface area contributed by atoms with Crippen molar-refractivity contribution < 1.29 is 9.53 Å². The van der Waals surface area contributed by atoms with Gasteiger partial charge in [-0.05, 0) is 13.3 Å². The Morgan fingerprint density at radius 1 is 1.79 bits per heavy atom. The van der Waals surface area contributed by atoms with Crippen molar-refractivity contribution in [3.8, 4) is 0 Å². The lowest BCUT2D eigenvalue weighted by atomic mass is 10.3. The Labute approximate surface area is 84.6 Å². The highest BCUT2D eigenvalue weighted by molar-refractivity contribution is 5.67. The molecule has 1 amide bonds. The van der Waals surface area contributed by atoms with Crippen LogP contribution in [0.4, 0.5) is 4.79 Å². The van der Waals surface area contributed by atoms with Crippen molar-refractivity contribution in [2.75, 3.05) is 26.7 Å². The zero-order chi connectivity index (χ0) is 10.6. The van der Waals surface area contributed by atoms with E-state index >= 15 is 0 Å². The molecule has 3 N–H and O–H groups in total. The molecule has 1 aliphatic rings. The van der Waals surface area contributed by atoms with Crippen molar-refractivity contribution >= 4 is 6.09 Å². The Morgan fingerprint density at radius 3 is 3.07 bits per heavy atom. The fourth-order valence-electron chi connectivity index (χ4n) is 1.75. The van der Waals surface area contributed by atoms with E-state index in [0.717, 1.165) is 26.1 Å². The molecule has 0 spiro atoms. The van der Waals surface area contributed by atoms with Gasteiger partial charge in [0.25, 0.3) is 0 Å². The number of rotatable bonds is 3. The third-order valence-corrected chi connectivity index (χ3v) is 2.33. The second-order valence-electron chi connectivity index (χ2n) is 3.86. The van der Waals surface area contributed by atoms with E-state index in [-0.39, 0.29) is 18.2 Å². The summed E-state index contributed by atoms with van der Waals surface area (Å²) in [4.78, 5) is 13.2. The summed E-state index contributed by atoms with van der Waals surface area (Å²) in [6.07, 6.45) is 0.625. The average molecular weight is 201 g/mol. The van der Waals surface area contributed by atoms with Gasteiger partial charge in [-0.2, -0.15) is 0 Å². The second kappa shape index (κ2) is 5.17. The van der Waals surface area contributed by atoms with Gasteiger partial charge < -0.3 is 15.8 Å². The van der Waals surface area contributed by atoms with Gasteiger partial charge in [0.05, 0.1) is 7.11 Å². The van der Waals surface area contributed by atoms with Gasteiger partial charge in [0, 0.05) is 31.7 Å². The van der Waals surface area contributed by atoms with Crippen molar-refractivity contribution in [1.82, 2.24) is 10.2 Å². The lowest BCUT2D eigenvalue weighted by molar-refractivity contribution is 0.166. The standard InChI is InChI=1S/C9H19N3O2/c1-7(10)5-12-4-3-8(6-12)11-9(13)14-2/h7-8H,3-6,10H2,1-2H3,(H,11,13). The van der Waals surface area contributed by atoms with E-state index in [0.29, 0.717) is 0 Å². The van der Waals surface area contributed by atoms with E-state index in [4.69, 9.17) is 5.73 Å². The van der Waals surface area contributed by atoms with E-state index in [2.05, 4.69) is 15.0 Å². The SMILES string of the molecule is COC(=O)NC1CCN(CC(C)N)C1. The highest BCUT2D eigenvalue weighted by atomic mass is 16.5. The maximum atomic E-state index is 10.9. The van der Waals surface area contributed by atoms with Crippen LogP contribution in [0, 0.1) is 0 Å². The van der Waals surface area contributed by atoms with Crippen LogP contribution in [-0.2, 0) is 4.74 Å². The summed E-state index contributed by atoms with van der Waals surface area (Å²) >= 11 is 0. The number of carbonyl (C=O) groups excluding carboxylic acids is 1. The summed E-state index contributed by atoms with van der Waals surface area (Å²) < 4.78 is 4.54. The molecular formula is C9H19N3O2. The Balaban J connectivity index is 2.23. The molecule has 5 heteroatoms. The molecule has 1 saturated heterocycles. The number of nitrogens with one attached hydrogen (secondary N) is 1. The molecule has 1 fully saturated rings. The molecule has 0 radical (unpaired) electrons. The van der Waals surface area contributed by atoms with Gasteiger partial charge in [-0.15, -0.1) is 0 Å². The number of likely N-dealkylation sites (tertiary alicyclic amines) is 1. The lowest BCUT2D eigenvalue weighted by Crippen LogP contribution is -2.39. The molecule has 2 atom stereocenters. The number of nitrogens with zero attached hydrogens (tertiary/aromatic N) is 1. The molecule has 0 saturated carbocycles. The molecule has 5 nitrogen and oxygen atoms in total. The quantitative estimate of drug-likeness (QED) is 0.661. The molecule has 0 aromatic heterocycles. The van der Waals surface area contributed by atoms with Crippen LogP contribution in [0.3, 0.4) is 0 Å². The number of ether oxygens (including phenoxy) is 1. The maximum absolute atomic E-state index is 10.9. The topological polar surface area (TPSA) is 67.6 Å². The van der Waals surface area contributed by atoms with Crippen molar-refractivity contribution in [2.24, 2.45) is 5.73 Å². The largest absolute Gasteiger partial charge is 0.453 e. The minimum Gasteiger partial charge on any atom is -0.453 e. The van der Waals surface area contributed by atoms with E-state index in [1.807, 2.05) is 6.92 Å². The first-order chi connectivity index (χ1) is 6.61. The highest BCUT2D eigenvalue weighted by Crippen LogP contribution is 2.08. The van der Waals surface area contributed by atoms with Crippen molar-refractivity contribution in [3.05, 3.63) is 0 Å². The predicted octanol–water partition coefficient (Wildman–Crippen LogP) is -0.236. The molecule has 0 bridgehead atoms. The van der Waals surface area contributed by atoms with E-state index in [9.17, 15) is 4.79 Å². The molecule has 0 aromatic rings. The number of hydrogen-bond donors (Lipinski definition) is 2. The number of methoxy groups -OCH3 is 1. The first kappa shape index (κ1) is 11.3. The van der Waals surface area contributed by atoms with Gasteiger partial charge in [-0.1, -0.05) is 0 Å². The van der Waals surface area contributed by atoms with Gasteiger partial charge in [-0.25, -0.2) is 4.79 Å². The third-order valence-electron chi connectivity index (χ3n) is 2.33. The molecular weight excluding hydrogens is 182 g/mol. The summed E-state index contributed by atoms with van der Waals surface area (Å²) in [6.45, 7) is 4.74. The van der Waals surface area contributed by atoms with E-state index in [1.54, 1.807) is 0 Å². The number of carbonyl (C=O) groups is 1. The molecule has 0 aliphatic carbocycles. The first-order valence-electron chi connectivity index (χ1n) is 4.94. The van der Waals surface area contributed by atoms with Gasteiger partial charge >= 0.3 is 6.09 Å². The van der Waals surface area contributed by atoms with Gasteiger partial charge in [0.2, 0.25) is 0 Å². The van der Waals surface area contributed by atoms with Crippen LogP contribution in [0.5, 0.6) is 0 Å². The Kier molecular flexibility index (Phi) is 4.16. The molecule has 82 valence electrons. The Bertz CT molecular complexity index is 196. The van der Waals surface area contributed by atoms with Crippen LogP contribution in [0.2, 0.25) is 0 Å². The Hall–Kier alpha value is -0.810.